The molecule has 27 heavy (non-hydrogen) atoms. The summed E-state index contributed by atoms with van der Waals surface area (Å²) >= 11 is 0. The number of aryl methyl sites for hydroxylation is 1. The summed E-state index contributed by atoms with van der Waals surface area (Å²) in [7, 11) is 1.29. The summed E-state index contributed by atoms with van der Waals surface area (Å²) in [6, 6.07) is 15.9. The quantitative estimate of drug-likeness (QED) is 0.674. The Kier molecular flexibility index (Phi) is 5.41. The highest BCUT2D eigenvalue weighted by Gasteiger charge is 2.15. The van der Waals surface area contributed by atoms with Crippen molar-refractivity contribution in [1.82, 2.24) is 9.97 Å². The van der Waals surface area contributed by atoms with Crippen molar-refractivity contribution in [3.05, 3.63) is 77.7 Å². The van der Waals surface area contributed by atoms with Gasteiger partial charge in [-0.3, -0.25) is 4.79 Å². The van der Waals surface area contributed by atoms with Gasteiger partial charge in [0.25, 0.3) is 5.91 Å². The molecular formula is C20H18N4O3. The molecule has 1 heterocycles. The number of aromatic nitrogens is 2. The monoisotopic (exact) mass is 362 g/mol. The number of esters is 1. The second-order valence-corrected chi connectivity index (χ2v) is 5.72. The summed E-state index contributed by atoms with van der Waals surface area (Å²) in [5.74, 6) is -0.497. The van der Waals surface area contributed by atoms with E-state index in [2.05, 4.69) is 20.6 Å². The topological polar surface area (TPSA) is 93.2 Å². The molecule has 7 heteroatoms. The van der Waals surface area contributed by atoms with Gasteiger partial charge in [0.2, 0.25) is 0 Å². The standard InChI is InChI=1S/C20H18N4O3/c1-13-7-3-5-9-15(13)23-18-11-17(21-12-22-18)19(25)24-16-10-6-4-8-14(16)20(26)27-2/h3-12H,1-2H3,(H,24,25)(H,21,22,23). The number of rotatable bonds is 5. The second kappa shape index (κ2) is 8.09. The van der Waals surface area contributed by atoms with Gasteiger partial charge in [0.1, 0.15) is 17.8 Å². The Labute approximate surface area is 156 Å². The van der Waals surface area contributed by atoms with E-state index >= 15 is 0 Å². The molecule has 1 amide bonds. The molecule has 0 radical (unpaired) electrons. The fourth-order valence-electron chi connectivity index (χ4n) is 2.47. The number of anilines is 3. The van der Waals surface area contributed by atoms with Crippen LogP contribution in [-0.2, 0) is 4.74 Å². The van der Waals surface area contributed by atoms with Gasteiger partial charge >= 0.3 is 5.97 Å². The van der Waals surface area contributed by atoms with Crippen LogP contribution in [-0.4, -0.2) is 29.0 Å². The van der Waals surface area contributed by atoms with Crippen LogP contribution < -0.4 is 10.6 Å². The number of ether oxygens (including phenoxy) is 1. The zero-order chi connectivity index (χ0) is 19.2. The zero-order valence-electron chi connectivity index (χ0n) is 14.9. The van der Waals surface area contributed by atoms with Gasteiger partial charge in [-0.1, -0.05) is 30.3 Å². The van der Waals surface area contributed by atoms with Crippen molar-refractivity contribution in [1.29, 1.82) is 0 Å². The van der Waals surface area contributed by atoms with E-state index in [1.54, 1.807) is 30.3 Å². The summed E-state index contributed by atoms with van der Waals surface area (Å²) < 4.78 is 4.74. The lowest BCUT2D eigenvalue weighted by Crippen LogP contribution is -2.17. The van der Waals surface area contributed by atoms with E-state index in [0.29, 0.717) is 11.5 Å². The molecule has 3 rings (SSSR count). The van der Waals surface area contributed by atoms with Crippen LogP contribution in [0.25, 0.3) is 0 Å². The smallest absolute Gasteiger partial charge is 0.339 e. The number of hydrogen-bond acceptors (Lipinski definition) is 6. The van der Waals surface area contributed by atoms with Crippen LogP contribution in [0.15, 0.2) is 60.9 Å². The van der Waals surface area contributed by atoms with Crippen molar-refractivity contribution < 1.29 is 14.3 Å². The SMILES string of the molecule is COC(=O)c1ccccc1NC(=O)c1cc(Nc2ccccc2C)ncn1. The predicted molar refractivity (Wildman–Crippen MR) is 102 cm³/mol. The van der Waals surface area contributed by atoms with Crippen LogP contribution in [0.4, 0.5) is 17.2 Å². The Morgan fingerprint density at radius 2 is 1.67 bits per heavy atom. The number of carbonyl (C=O) groups is 2. The first kappa shape index (κ1) is 18.1. The highest BCUT2D eigenvalue weighted by molar-refractivity contribution is 6.07. The molecule has 0 atom stereocenters. The lowest BCUT2D eigenvalue weighted by molar-refractivity contribution is 0.0602. The molecule has 0 aliphatic carbocycles. The molecule has 0 saturated heterocycles. The van der Waals surface area contributed by atoms with Gasteiger partial charge in [-0.25, -0.2) is 14.8 Å². The summed E-state index contributed by atoms with van der Waals surface area (Å²) in [6.07, 6.45) is 1.31. The van der Waals surface area contributed by atoms with E-state index in [1.807, 2.05) is 31.2 Å². The normalized spacial score (nSPS) is 10.1. The van der Waals surface area contributed by atoms with Crippen LogP contribution in [0.1, 0.15) is 26.4 Å². The van der Waals surface area contributed by atoms with Crippen molar-refractivity contribution in [3.63, 3.8) is 0 Å². The largest absolute Gasteiger partial charge is 0.465 e. The number of carbonyl (C=O) groups excluding carboxylic acids is 2. The first-order valence-corrected chi connectivity index (χ1v) is 8.22. The molecule has 0 aliphatic rings. The number of para-hydroxylation sites is 2. The molecule has 0 unspecified atom stereocenters. The number of nitrogens with zero attached hydrogens (tertiary/aromatic N) is 2. The molecule has 0 bridgehead atoms. The van der Waals surface area contributed by atoms with E-state index in [0.717, 1.165) is 11.3 Å². The minimum Gasteiger partial charge on any atom is -0.465 e. The number of hydrogen-bond donors (Lipinski definition) is 2. The van der Waals surface area contributed by atoms with E-state index in [-0.39, 0.29) is 11.3 Å². The third-order valence-electron chi connectivity index (χ3n) is 3.89. The van der Waals surface area contributed by atoms with Gasteiger partial charge in [-0.05, 0) is 30.7 Å². The van der Waals surface area contributed by atoms with Gasteiger partial charge in [0, 0.05) is 11.8 Å². The minimum atomic E-state index is -0.532. The van der Waals surface area contributed by atoms with Crippen LogP contribution in [0.5, 0.6) is 0 Å². The molecule has 0 aliphatic heterocycles. The Morgan fingerprint density at radius 3 is 2.41 bits per heavy atom. The average molecular weight is 362 g/mol. The van der Waals surface area contributed by atoms with E-state index < -0.39 is 11.9 Å². The summed E-state index contributed by atoms with van der Waals surface area (Å²) in [5, 5.41) is 5.85. The van der Waals surface area contributed by atoms with Crippen molar-refractivity contribution >= 4 is 29.1 Å². The fraction of sp³-hybridized carbons (Fsp3) is 0.100. The maximum atomic E-state index is 12.6. The van der Waals surface area contributed by atoms with Crippen molar-refractivity contribution in [2.45, 2.75) is 6.92 Å². The predicted octanol–water partition coefficient (Wildman–Crippen LogP) is 3.57. The maximum absolute atomic E-state index is 12.6. The van der Waals surface area contributed by atoms with Gasteiger partial charge in [-0.15, -0.1) is 0 Å². The highest BCUT2D eigenvalue weighted by atomic mass is 16.5. The van der Waals surface area contributed by atoms with E-state index in [4.69, 9.17) is 4.74 Å². The summed E-state index contributed by atoms with van der Waals surface area (Å²) in [5.41, 5.74) is 2.72. The number of nitrogens with one attached hydrogen (secondary N) is 2. The molecule has 3 aromatic rings. The van der Waals surface area contributed by atoms with Crippen molar-refractivity contribution in [3.8, 4) is 0 Å². The molecule has 2 aromatic carbocycles. The molecule has 0 fully saturated rings. The van der Waals surface area contributed by atoms with Crippen LogP contribution in [0, 0.1) is 6.92 Å². The van der Waals surface area contributed by atoms with Gasteiger partial charge < -0.3 is 15.4 Å². The molecule has 0 saturated carbocycles. The van der Waals surface area contributed by atoms with E-state index in [9.17, 15) is 9.59 Å². The third kappa shape index (κ3) is 4.27. The average Bonchev–Trinajstić information content (AvgIpc) is 2.70. The molecule has 1 aromatic heterocycles. The van der Waals surface area contributed by atoms with Crippen LogP contribution in [0.2, 0.25) is 0 Å². The lowest BCUT2D eigenvalue weighted by Gasteiger charge is -2.11. The van der Waals surface area contributed by atoms with Crippen LogP contribution >= 0.6 is 0 Å². The zero-order valence-corrected chi connectivity index (χ0v) is 14.9. The first-order valence-electron chi connectivity index (χ1n) is 8.22. The van der Waals surface area contributed by atoms with Gasteiger partial charge in [-0.2, -0.15) is 0 Å². The molecular weight excluding hydrogens is 344 g/mol. The Morgan fingerprint density at radius 1 is 0.963 bits per heavy atom. The number of benzene rings is 2. The van der Waals surface area contributed by atoms with Gasteiger partial charge in [0.05, 0.1) is 18.4 Å². The van der Waals surface area contributed by atoms with Crippen LogP contribution in [0.3, 0.4) is 0 Å². The minimum absolute atomic E-state index is 0.167. The number of methoxy groups -OCH3 is 1. The lowest BCUT2D eigenvalue weighted by atomic mass is 10.1. The van der Waals surface area contributed by atoms with E-state index in [1.165, 1.54) is 13.4 Å². The van der Waals surface area contributed by atoms with Crippen molar-refractivity contribution in [2.24, 2.45) is 0 Å². The van der Waals surface area contributed by atoms with Gasteiger partial charge in [0.15, 0.2) is 0 Å². The maximum Gasteiger partial charge on any atom is 0.339 e. The highest BCUT2D eigenvalue weighted by Crippen LogP contribution is 2.20. The molecule has 7 nitrogen and oxygen atoms in total. The third-order valence-corrected chi connectivity index (χ3v) is 3.89. The Hall–Kier alpha value is -3.74. The first-order chi connectivity index (χ1) is 13.1. The summed E-state index contributed by atoms with van der Waals surface area (Å²) in [4.78, 5) is 32.6. The number of amides is 1. The van der Waals surface area contributed by atoms with Crippen molar-refractivity contribution in [2.75, 3.05) is 17.7 Å². The molecule has 0 spiro atoms. The Balaban J connectivity index is 1.81. The molecule has 2 N–H and O–H groups in total. The Bertz CT molecular complexity index is 988. The molecule has 136 valence electrons. The summed E-state index contributed by atoms with van der Waals surface area (Å²) in [6.45, 7) is 1.97. The fourth-order valence-corrected chi connectivity index (χ4v) is 2.47. The second-order valence-electron chi connectivity index (χ2n) is 5.72.